The Balaban J connectivity index is 1.69. The smallest absolute Gasteiger partial charge is 0.228 e. The highest BCUT2D eigenvalue weighted by molar-refractivity contribution is 7.84. The normalized spacial score (nSPS) is 15.1. The van der Waals surface area contributed by atoms with E-state index < -0.39 is 10.8 Å². The average Bonchev–Trinajstić information content (AvgIpc) is 3.00. The van der Waals surface area contributed by atoms with Crippen LogP contribution in [-0.4, -0.2) is 16.4 Å². The zero-order chi connectivity index (χ0) is 22.0. The molecule has 1 aliphatic rings. The molecule has 4 rings (SSSR count). The molecular formula is C26H22FNO2S. The molecular weight excluding hydrogens is 409 g/mol. The van der Waals surface area contributed by atoms with Crippen LogP contribution < -0.4 is 5.32 Å². The highest BCUT2D eigenvalue weighted by Gasteiger charge is 2.25. The van der Waals surface area contributed by atoms with Crippen LogP contribution in [0.5, 0.6) is 0 Å². The molecule has 0 saturated carbocycles. The van der Waals surface area contributed by atoms with Crippen LogP contribution in [0.1, 0.15) is 30.0 Å². The Hall–Kier alpha value is -3.31. The summed E-state index contributed by atoms with van der Waals surface area (Å²) in [4.78, 5) is 13.5. The Labute approximate surface area is 183 Å². The molecule has 0 bridgehead atoms. The van der Waals surface area contributed by atoms with Gasteiger partial charge in [-0.05, 0) is 82.8 Å². The van der Waals surface area contributed by atoms with Crippen LogP contribution in [-0.2, 0) is 15.6 Å². The molecule has 0 aliphatic heterocycles. The minimum atomic E-state index is -1.03. The zero-order valence-corrected chi connectivity index (χ0v) is 18.1. The first-order chi connectivity index (χ1) is 14.9. The van der Waals surface area contributed by atoms with Crippen LogP contribution in [0.3, 0.4) is 0 Å². The third-order valence-electron chi connectivity index (χ3n) is 5.37. The van der Waals surface area contributed by atoms with E-state index in [0.29, 0.717) is 0 Å². The van der Waals surface area contributed by atoms with Crippen molar-refractivity contribution < 1.29 is 13.4 Å². The number of hydrogen-bond acceptors (Lipinski definition) is 2. The molecule has 1 unspecified atom stereocenters. The number of para-hydroxylation sites is 1. The third-order valence-corrected chi connectivity index (χ3v) is 6.31. The number of benzene rings is 3. The minimum absolute atomic E-state index is 0.146. The first-order valence-corrected chi connectivity index (χ1v) is 11.5. The van der Waals surface area contributed by atoms with Gasteiger partial charge in [-0.25, -0.2) is 4.39 Å². The number of rotatable bonds is 5. The number of amides is 1. The summed E-state index contributed by atoms with van der Waals surface area (Å²) in [5, 5.41) is 2.90. The van der Waals surface area contributed by atoms with Crippen molar-refractivity contribution in [2.24, 2.45) is 0 Å². The summed E-state index contributed by atoms with van der Waals surface area (Å²) in [6, 6.07) is 21.5. The predicted octanol–water partition coefficient (Wildman–Crippen LogP) is 5.92. The lowest BCUT2D eigenvalue weighted by atomic mass is 10.0. The summed E-state index contributed by atoms with van der Waals surface area (Å²) < 4.78 is 25.7. The number of fused-ring (bicyclic) bond motifs is 1. The molecule has 1 amide bonds. The monoisotopic (exact) mass is 431 g/mol. The second kappa shape index (κ2) is 8.82. The lowest BCUT2D eigenvalue weighted by molar-refractivity contribution is -0.115. The van der Waals surface area contributed by atoms with Crippen LogP contribution in [0.25, 0.3) is 17.2 Å². The van der Waals surface area contributed by atoms with E-state index in [1.807, 2.05) is 67.6 Å². The van der Waals surface area contributed by atoms with Gasteiger partial charge in [0, 0.05) is 27.6 Å². The molecule has 0 aromatic heterocycles. The molecule has 156 valence electrons. The van der Waals surface area contributed by atoms with Gasteiger partial charge in [0.1, 0.15) is 5.82 Å². The topological polar surface area (TPSA) is 46.2 Å². The van der Waals surface area contributed by atoms with Gasteiger partial charge in [-0.3, -0.25) is 9.00 Å². The molecule has 1 N–H and O–H groups in total. The van der Waals surface area contributed by atoms with E-state index in [9.17, 15) is 13.4 Å². The van der Waals surface area contributed by atoms with E-state index in [0.717, 1.165) is 44.0 Å². The van der Waals surface area contributed by atoms with Crippen molar-refractivity contribution in [2.75, 3.05) is 11.6 Å². The number of carbonyl (C=O) groups is 1. The summed E-state index contributed by atoms with van der Waals surface area (Å²) >= 11 is 0. The van der Waals surface area contributed by atoms with Crippen molar-refractivity contribution in [1.82, 2.24) is 0 Å². The summed E-state index contributed by atoms with van der Waals surface area (Å²) in [5.41, 5.74) is 6.07. The molecule has 1 atom stereocenters. The lowest BCUT2D eigenvalue weighted by Gasteiger charge is -2.08. The fraction of sp³-hybridized carbons (Fsp3) is 0.115. The van der Waals surface area contributed by atoms with Crippen molar-refractivity contribution >= 4 is 39.6 Å². The number of hydrogen-bond donors (Lipinski definition) is 1. The molecule has 0 heterocycles. The number of halogens is 1. The van der Waals surface area contributed by atoms with Crippen molar-refractivity contribution in [3.8, 4) is 0 Å². The Kier molecular flexibility index (Phi) is 5.96. The summed E-state index contributed by atoms with van der Waals surface area (Å²) in [7, 11) is -1.03. The van der Waals surface area contributed by atoms with Crippen molar-refractivity contribution in [3.05, 3.63) is 101 Å². The van der Waals surface area contributed by atoms with E-state index in [4.69, 9.17) is 0 Å². The van der Waals surface area contributed by atoms with Gasteiger partial charge < -0.3 is 5.32 Å². The van der Waals surface area contributed by atoms with Crippen molar-refractivity contribution in [3.63, 3.8) is 0 Å². The standard InChI is InChI=1S/C26H22FNO2S/c1-17-23(14-18-8-11-21(12-9-18)31(2)30)22-13-10-19(27)15-25(22)24(17)16-26(29)28-20-6-4-3-5-7-20/h3-15H,16H2,1-2H3,(H,28,29)/b23-14-. The molecule has 3 nitrogen and oxygen atoms in total. The molecule has 0 spiro atoms. The second-order valence-corrected chi connectivity index (χ2v) is 8.85. The number of anilines is 1. The molecule has 3 aromatic rings. The van der Waals surface area contributed by atoms with Crippen LogP contribution in [0.4, 0.5) is 10.1 Å². The fourth-order valence-corrected chi connectivity index (χ4v) is 4.31. The number of allylic oxidation sites excluding steroid dienone is 2. The van der Waals surface area contributed by atoms with Gasteiger partial charge in [-0.15, -0.1) is 0 Å². The Morgan fingerprint density at radius 3 is 2.39 bits per heavy atom. The Morgan fingerprint density at radius 2 is 1.71 bits per heavy atom. The van der Waals surface area contributed by atoms with Gasteiger partial charge in [0.2, 0.25) is 5.91 Å². The fourth-order valence-electron chi connectivity index (χ4n) is 3.79. The predicted molar refractivity (Wildman–Crippen MR) is 125 cm³/mol. The first-order valence-electron chi connectivity index (χ1n) is 9.93. The first kappa shape index (κ1) is 20.9. The van der Waals surface area contributed by atoms with E-state index >= 15 is 0 Å². The lowest BCUT2D eigenvalue weighted by Crippen LogP contribution is -2.11. The Bertz CT molecular complexity index is 1230. The van der Waals surface area contributed by atoms with Gasteiger partial charge in [0.05, 0.1) is 6.42 Å². The molecule has 5 heteroatoms. The Morgan fingerprint density at radius 1 is 1.00 bits per heavy atom. The van der Waals surface area contributed by atoms with Gasteiger partial charge in [0.15, 0.2) is 0 Å². The summed E-state index contributed by atoms with van der Waals surface area (Å²) in [6.07, 6.45) is 3.83. The van der Waals surface area contributed by atoms with E-state index in [-0.39, 0.29) is 18.1 Å². The second-order valence-electron chi connectivity index (χ2n) is 7.47. The van der Waals surface area contributed by atoms with E-state index in [1.54, 1.807) is 12.3 Å². The van der Waals surface area contributed by atoms with Crippen LogP contribution in [0, 0.1) is 5.82 Å². The van der Waals surface area contributed by atoms with Gasteiger partial charge in [0.25, 0.3) is 0 Å². The molecule has 3 aromatic carbocycles. The molecule has 31 heavy (non-hydrogen) atoms. The average molecular weight is 432 g/mol. The summed E-state index contributed by atoms with van der Waals surface area (Å²) in [6.45, 7) is 1.96. The maximum atomic E-state index is 14.0. The zero-order valence-electron chi connectivity index (χ0n) is 17.3. The minimum Gasteiger partial charge on any atom is -0.326 e. The quantitative estimate of drug-likeness (QED) is 0.545. The highest BCUT2D eigenvalue weighted by Crippen LogP contribution is 2.44. The molecule has 0 fully saturated rings. The van der Waals surface area contributed by atoms with E-state index in [1.165, 1.54) is 12.1 Å². The molecule has 0 radical (unpaired) electrons. The SMILES string of the molecule is CC1=C(CC(=O)Nc2ccccc2)c2cc(F)ccc2/C1=C\c1ccc(S(C)=O)cc1. The van der Waals surface area contributed by atoms with Crippen LogP contribution >= 0.6 is 0 Å². The van der Waals surface area contributed by atoms with E-state index in [2.05, 4.69) is 5.32 Å². The van der Waals surface area contributed by atoms with Crippen molar-refractivity contribution in [1.29, 1.82) is 0 Å². The van der Waals surface area contributed by atoms with Gasteiger partial charge in [-0.2, -0.15) is 0 Å². The largest absolute Gasteiger partial charge is 0.326 e. The van der Waals surface area contributed by atoms with Crippen LogP contribution in [0.2, 0.25) is 0 Å². The third kappa shape index (κ3) is 4.57. The highest BCUT2D eigenvalue weighted by atomic mass is 32.2. The number of nitrogens with one attached hydrogen (secondary N) is 1. The molecule has 1 aliphatic carbocycles. The van der Waals surface area contributed by atoms with Gasteiger partial charge in [-0.1, -0.05) is 36.4 Å². The number of carbonyl (C=O) groups excluding carboxylic acids is 1. The maximum Gasteiger partial charge on any atom is 0.228 e. The summed E-state index contributed by atoms with van der Waals surface area (Å²) in [5.74, 6) is -0.477. The van der Waals surface area contributed by atoms with Crippen molar-refractivity contribution in [2.45, 2.75) is 18.2 Å². The van der Waals surface area contributed by atoms with Crippen LogP contribution in [0.15, 0.2) is 83.3 Å². The molecule has 0 saturated heterocycles. The van der Waals surface area contributed by atoms with Gasteiger partial charge >= 0.3 is 0 Å². The maximum absolute atomic E-state index is 14.0.